The van der Waals surface area contributed by atoms with Crippen LogP contribution in [0.4, 0.5) is 11.4 Å². The summed E-state index contributed by atoms with van der Waals surface area (Å²) in [5.41, 5.74) is 1.67. The third-order valence-corrected chi connectivity index (χ3v) is 4.51. The second-order valence-corrected chi connectivity index (χ2v) is 6.54. The number of amides is 1. The molecule has 2 rings (SSSR count). The fourth-order valence-corrected chi connectivity index (χ4v) is 2.77. The van der Waals surface area contributed by atoms with Gasteiger partial charge in [-0.2, -0.15) is 0 Å². The second-order valence-electron chi connectivity index (χ2n) is 5.73. The smallest absolute Gasteiger partial charge is 0.288 e. The van der Waals surface area contributed by atoms with Crippen molar-refractivity contribution in [3.63, 3.8) is 0 Å². The molecule has 2 aromatic rings. The van der Waals surface area contributed by atoms with Gasteiger partial charge in [-0.15, -0.1) is 0 Å². The van der Waals surface area contributed by atoms with Crippen molar-refractivity contribution in [3.05, 3.63) is 68.7 Å². The van der Waals surface area contributed by atoms with Gasteiger partial charge in [-0.1, -0.05) is 43.6 Å². The van der Waals surface area contributed by atoms with Crippen LogP contribution in [0.3, 0.4) is 0 Å². The highest BCUT2D eigenvalue weighted by atomic mass is 35.5. The summed E-state index contributed by atoms with van der Waals surface area (Å²) in [6.45, 7) is 4.20. The van der Waals surface area contributed by atoms with E-state index in [-0.39, 0.29) is 21.4 Å². The molecule has 2 N–H and O–H groups in total. The molecule has 6 nitrogen and oxygen atoms in total. The van der Waals surface area contributed by atoms with Crippen molar-refractivity contribution in [1.29, 1.82) is 0 Å². The highest BCUT2D eigenvalue weighted by Gasteiger charge is 2.17. The first kappa shape index (κ1) is 19.8. The number of nitrogens with zero attached hydrogens (tertiary/aromatic N) is 1. The highest BCUT2D eigenvalue weighted by molar-refractivity contribution is 7.80. The molecular weight excluding hydrogens is 374 g/mol. The van der Waals surface area contributed by atoms with Crippen LogP contribution in [-0.2, 0) is 0 Å². The molecule has 0 heterocycles. The minimum atomic E-state index is -0.641. The Morgan fingerprint density at radius 3 is 2.65 bits per heavy atom. The molecule has 0 aliphatic heterocycles. The second kappa shape index (κ2) is 8.73. The summed E-state index contributed by atoms with van der Waals surface area (Å²) in [5.74, 6) is -0.223. The van der Waals surface area contributed by atoms with Crippen molar-refractivity contribution < 1.29 is 9.72 Å². The van der Waals surface area contributed by atoms with E-state index < -0.39 is 10.8 Å². The van der Waals surface area contributed by atoms with Crippen LogP contribution in [0, 0.1) is 10.1 Å². The van der Waals surface area contributed by atoms with Gasteiger partial charge in [0, 0.05) is 17.3 Å². The largest absolute Gasteiger partial charge is 0.332 e. The number of thiocarbonyl (C=S) groups is 1. The van der Waals surface area contributed by atoms with E-state index >= 15 is 0 Å². The molecule has 26 heavy (non-hydrogen) atoms. The SMILES string of the molecule is CC[C@@H](C)c1ccccc1NC(=S)NC(=O)c1ccc(Cl)c([N+](=O)[O-])c1. The Labute approximate surface area is 161 Å². The Hall–Kier alpha value is -2.51. The molecule has 1 atom stereocenters. The fraction of sp³-hybridized carbons (Fsp3) is 0.222. The van der Waals surface area contributed by atoms with Crippen molar-refractivity contribution in [3.8, 4) is 0 Å². The molecule has 0 saturated carbocycles. The zero-order chi connectivity index (χ0) is 19.3. The number of para-hydroxylation sites is 1. The Morgan fingerprint density at radius 2 is 2.00 bits per heavy atom. The quantitative estimate of drug-likeness (QED) is 0.430. The van der Waals surface area contributed by atoms with Crippen LogP contribution in [0.5, 0.6) is 0 Å². The number of anilines is 1. The zero-order valence-electron chi connectivity index (χ0n) is 14.3. The van der Waals surface area contributed by atoms with Crippen molar-refractivity contribution in [2.24, 2.45) is 0 Å². The van der Waals surface area contributed by atoms with Crippen molar-refractivity contribution in [2.75, 3.05) is 5.32 Å². The van der Waals surface area contributed by atoms with E-state index in [0.717, 1.165) is 23.7 Å². The standard InChI is InChI=1S/C18H18ClN3O3S/c1-3-11(2)13-6-4-5-7-15(13)20-18(26)21-17(23)12-8-9-14(19)16(10-12)22(24)25/h4-11H,3H2,1-2H3,(H2,20,21,23,26)/t11-/m1/s1. The number of nitro benzene ring substituents is 1. The lowest BCUT2D eigenvalue weighted by molar-refractivity contribution is -0.384. The zero-order valence-corrected chi connectivity index (χ0v) is 15.9. The average Bonchev–Trinajstić information content (AvgIpc) is 2.61. The van der Waals surface area contributed by atoms with Crippen LogP contribution in [0.2, 0.25) is 5.02 Å². The number of benzene rings is 2. The lowest BCUT2D eigenvalue weighted by Gasteiger charge is -2.17. The number of hydrogen-bond donors (Lipinski definition) is 2. The van der Waals surface area contributed by atoms with Gasteiger partial charge in [-0.25, -0.2) is 0 Å². The predicted octanol–water partition coefficient (Wildman–Crippen LogP) is 4.89. The summed E-state index contributed by atoms with van der Waals surface area (Å²) in [6, 6.07) is 11.5. The molecule has 0 bridgehead atoms. The molecule has 0 aromatic heterocycles. The topological polar surface area (TPSA) is 84.3 Å². The minimum absolute atomic E-state index is 0.0327. The number of rotatable bonds is 5. The van der Waals surface area contributed by atoms with Gasteiger partial charge in [-0.05, 0) is 48.3 Å². The molecule has 8 heteroatoms. The summed E-state index contributed by atoms with van der Waals surface area (Å²) >= 11 is 11.0. The van der Waals surface area contributed by atoms with Crippen LogP contribution < -0.4 is 10.6 Å². The monoisotopic (exact) mass is 391 g/mol. The van der Waals surface area contributed by atoms with Crippen LogP contribution >= 0.6 is 23.8 Å². The highest BCUT2D eigenvalue weighted by Crippen LogP contribution is 2.27. The van der Waals surface area contributed by atoms with E-state index in [4.69, 9.17) is 23.8 Å². The Balaban J connectivity index is 2.13. The molecule has 0 saturated heterocycles. The van der Waals surface area contributed by atoms with E-state index in [1.165, 1.54) is 12.1 Å². The summed E-state index contributed by atoms with van der Waals surface area (Å²) in [5, 5.41) is 16.6. The number of hydrogen-bond acceptors (Lipinski definition) is 4. The first-order valence-electron chi connectivity index (χ1n) is 7.98. The maximum absolute atomic E-state index is 12.3. The lowest BCUT2D eigenvalue weighted by atomic mass is 9.97. The molecule has 0 unspecified atom stereocenters. The predicted molar refractivity (Wildman–Crippen MR) is 107 cm³/mol. The first-order valence-corrected chi connectivity index (χ1v) is 8.77. The van der Waals surface area contributed by atoms with E-state index in [9.17, 15) is 14.9 Å². The number of halogens is 1. The van der Waals surface area contributed by atoms with Gasteiger partial charge in [0.25, 0.3) is 11.6 Å². The Kier molecular flexibility index (Phi) is 6.65. The van der Waals surface area contributed by atoms with Gasteiger partial charge in [0.1, 0.15) is 5.02 Å². The van der Waals surface area contributed by atoms with Crippen LogP contribution in [0.15, 0.2) is 42.5 Å². The van der Waals surface area contributed by atoms with E-state index in [1.54, 1.807) is 0 Å². The summed E-state index contributed by atoms with van der Waals surface area (Å²) in [4.78, 5) is 22.6. The average molecular weight is 392 g/mol. The third kappa shape index (κ3) is 4.77. The van der Waals surface area contributed by atoms with Gasteiger partial charge >= 0.3 is 0 Å². The van der Waals surface area contributed by atoms with Gasteiger partial charge < -0.3 is 5.32 Å². The van der Waals surface area contributed by atoms with E-state index in [0.29, 0.717) is 5.92 Å². The number of nitro groups is 1. The molecule has 0 fully saturated rings. The van der Waals surface area contributed by atoms with Gasteiger partial charge in [0.15, 0.2) is 5.11 Å². The van der Waals surface area contributed by atoms with Crippen LogP contribution in [-0.4, -0.2) is 15.9 Å². The Bertz CT molecular complexity index is 857. The van der Waals surface area contributed by atoms with Crippen LogP contribution in [0.1, 0.15) is 42.1 Å². The number of nitrogens with one attached hydrogen (secondary N) is 2. The summed E-state index contributed by atoms with van der Waals surface area (Å²) in [6.07, 6.45) is 0.965. The molecule has 2 aromatic carbocycles. The maximum Gasteiger partial charge on any atom is 0.288 e. The van der Waals surface area contributed by atoms with E-state index in [2.05, 4.69) is 24.5 Å². The lowest BCUT2D eigenvalue weighted by Crippen LogP contribution is -2.34. The summed E-state index contributed by atoms with van der Waals surface area (Å²) < 4.78 is 0. The molecule has 1 amide bonds. The molecule has 0 aliphatic rings. The van der Waals surface area contributed by atoms with E-state index in [1.807, 2.05) is 24.3 Å². The maximum atomic E-state index is 12.3. The third-order valence-electron chi connectivity index (χ3n) is 3.98. The van der Waals surface area contributed by atoms with Crippen molar-refractivity contribution in [1.82, 2.24) is 5.32 Å². The number of carbonyl (C=O) groups excluding carboxylic acids is 1. The molecule has 0 spiro atoms. The van der Waals surface area contributed by atoms with Crippen molar-refractivity contribution in [2.45, 2.75) is 26.2 Å². The van der Waals surface area contributed by atoms with Gasteiger partial charge in [0.2, 0.25) is 0 Å². The fourth-order valence-electron chi connectivity index (χ4n) is 2.38. The van der Waals surface area contributed by atoms with Gasteiger partial charge in [0.05, 0.1) is 4.92 Å². The first-order chi connectivity index (χ1) is 12.3. The minimum Gasteiger partial charge on any atom is -0.332 e. The normalized spacial score (nSPS) is 11.5. The molecule has 0 radical (unpaired) electrons. The number of carbonyl (C=O) groups is 1. The van der Waals surface area contributed by atoms with Crippen LogP contribution in [0.25, 0.3) is 0 Å². The molecule has 136 valence electrons. The molecular formula is C18H18ClN3O3S. The summed E-state index contributed by atoms with van der Waals surface area (Å²) in [7, 11) is 0. The Morgan fingerprint density at radius 1 is 1.31 bits per heavy atom. The molecule has 0 aliphatic carbocycles. The van der Waals surface area contributed by atoms with Crippen molar-refractivity contribution >= 4 is 46.2 Å². The van der Waals surface area contributed by atoms with Gasteiger partial charge in [-0.3, -0.25) is 20.2 Å².